The van der Waals surface area contributed by atoms with E-state index in [2.05, 4.69) is 10.2 Å². The lowest BCUT2D eigenvalue weighted by atomic mass is 9.98. The van der Waals surface area contributed by atoms with Crippen molar-refractivity contribution in [3.8, 4) is 0 Å². The van der Waals surface area contributed by atoms with Gasteiger partial charge in [0.2, 0.25) is 10.0 Å². The Morgan fingerprint density at radius 1 is 1.24 bits per heavy atom. The highest BCUT2D eigenvalue weighted by molar-refractivity contribution is 7.89. The maximum Gasteiger partial charge on any atom is 0.303 e. The molecule has 0 aromatic carbocycles. The molecule has 0 atom stereocenters. The fourth-order valence-electron chi connectivity index (χ4n) is 2.52. The maximum atomic E-state index is 12.1. The van der Waals surface area contributed by atoms with E-state index in [9.17, 15) is 13.2 Å². The molecule has 118 valence electrons. The average molecular weight is 316 g/mol. The first-order chi connectivity index (χ1) is 9.97. The van der Waals surface area contributed by atoms with Crippen LogP contribution in [0.1, 0.15) is 25.7 Å². The van der Waals surface area contributed by atoms with E-state index in [0.29, 0.717) is 19.0 Å². The Kier molecular flexibility index (Phi) is 5.29. The van der Waals surface area contributed by atoms with E-state index in [1.165, 1.54) is 4.31 Å². The van der Waals surface area contributed by atoms with Crippen molar-refractivity contribution in [2.24, 2.45) is 5.92 Å². The summed E-state index contributed by atoms with van der Waals surface area (Å²) in [6, 6.07) is 0. The summed E-state index contributed by atoms with van der Waals surface area (Å²) in [5.41, 5.74) is 0. The Bertz CT molecular complexity index is 550. The Morgan fingerprint density at radius 2 is 1.86 bits per heavy atom. The normalized spacial score (nSPS) is 17.9. The number of hydrogen-bond acceptors (Lipinski definition) is 5. The van der Waals surface area contributed by atoms with Crippen LogP contribution in [0.4, 0.5) is 0 Å². The van der Waals surface area contributed by atoms with E-state index in [0.717, 1.165) is 19.4 Å². The van der Waals surface area contributed by atoms with Gasteiger partial charge in [0.05, 0.1) is 5.75 Å². The molecule has 1 fully saturated rings. The maximum absolute atomic E-state index is 12.1. The van der Waals surface area contributed by atoms with Crippen LogP contribution in [-0.2, 0) is 21.4 Å². The Balaban J connectivity index is 1.78. The first kappa shape index (κ1) is 15.9. The van der Waals surface area contributed by atoms with Gasteiger partial charge in [0.25, 0.3) is 0 Å². The van der Waals surface area contributed by atoms with Crippen molar-refractivity contribution in [1.82, 2.24) is 19.1 Å². The summed E-state index contributed by atoms with van der Waals surface area (Å²) in [5.74, 6) is -0.626. The van der Waals surface area contributed by atoms with Crippen molar-refractivity contribution in [3.63, 3.8) is 0 Å². The number of carbonyl (C=O) groups is 1. The fourth-order valence-corrected chi connectivity index (χ4v) is 4.05. The van der Waals surface area contributed by atoms with Crippen molar-refractivity contribution in [2.75, 3.05) is 18.8 Å². The molecule has 1 aliphatic rings. The van der Waals surface area contributed by atoms with E-state index in [-0.39, 0.29) is 18.6 Å². The monoisotopic (exact) mass is 316 g/mol. The molecule has 0 unspecified atom stereocenters. The molecule has 1 aromatic rings. The van der Waals surface area contributed by atoms with Crippen LogP contribution in [0.2, 0.25) is 0 Å². The van der Waals surface area contributed by atoms with Gasteiger partial charge in [-0.3, -0.25) is 4.79 Å². The number of nitrogens with zero attached hydrogens (tertiary/aromatic N) is 4. The van der Waals surface area contributed by atoms with Crippen molar-refractivity contribution >= 4 is 16.0 Å². The van der Waals surface area contributed by atoms with Crippen LogP contribution in [-0.4, -0.2) is 57.4 Å². The van der Waals surface area contributed by atoms with Crippen LogP contribution in [0.3, 0.4) is 0 Å². The van der Waals surface area contributed by atoms with Gasteiger partial charge in [-0.05, 0) is 25.2 Å². The number of hydrogen-bond donors (Lipinski definition) is 1. The smallest absolute Gasteiger partial charge is 0.303 e. The third-order valence-corrected chi connectivity index (χ3v) is 5.65. The molecule has 0 aliphatic carbocycles. The van der Waals surface area contributed by atoms with Crippen molar-refractivity contribution in [2.45, 2.75) is 32.2 Å². The molecule has 2 rings (SSSR count). The largest absolute Gasteiger partial charge is 0.481 e. The molecule has 1 saturated heterocycles. The van der Waals surface area contributed by atoms with Crippen molar-refractivity contribution < 1.29 is 18.3 Å². The minimum Gasteiger partial charge on any atom is -0.481 e. The highest BCUT2D eigenvalue weighted by Gasteiger charge is 2.27. The first-order valence-electron chi connectivity index (χ1n) is 6.99. The van der Waals surface area contributed by atoms with Crippen LogP contribution in [0, 0.1) is 5.92 Å². The van der Waals surface area contributed by atoms with Gasteiger partial charge in [0.1, 0.15) is 12.7 Å². The Hall–Kier alpha value is -1.48. The molecular weight excluding hydrogens is 296 g/mol. The van der Waals surface area contributed by atoms with Gasteiger partial charge in [0.15, 0.2) is 0 Å². The molecule has 0 saturated carbocycles. The molecule has 2 heterocycles. The summed E-state index contributed by atoms with van der Waals surface area (Å²) in [6.07, 6.45) is 4.98. The van der Waals surface area contributed by atoms with Gasteiger partial charge in [-0.1, -0.05) is 0 Å². The molecule has 0 spiro atoms. The van der Waals surface area contributed by atoms with Gasteiger partial charge in [-0.15, -0.1) is 10.2 Å². The zero-order valence-electron chi connectivity index (χ0n) is 11.8. The minimum atomic E-state index is -3.33. The van der Waals surface area contributed by atoms with E-state index < -0.39 is 16.0 Å². The molecular formula is C12H20N4O4S. The summed E-state index contributed by atoms with van der Waals surface area (Å²) in [5, 5.41) is 16.1. The van der Waals surface area contributed by atoms with Crippen LogP contribution >= 0.6 is 0 Å². The van der Waals surface area contributed by atoms with Crippen LogP contribution in [0.5, 0.6) is 0 Å². The summed E-state index contributed by atoms with van der Waals surface area (Å²) in [4.78, 5) is 10.4. The van der Waals surface area contributed by atoms with Gasteiger partial charge >= 0.3 is 5.97 Å². The topological polar surface area (TPSA) is 105 Å². The highest BCUT2D eigenvalue weighted by atomic mass is 32.2. The molecule has 0 bridgehead atoms. The van der Waals surface area contributed by atoms with E-state index in [1.807, 2.05) is 4.57 Å². The van der Waals surface area contributed by atoms with Gasteiger partial charge < -0.3 is 9.67 Å². The van der Waals surface area contributed by atoms with E-state index >= 15 is 0 Å². The second kappa shape index (κ2) is 6.99. The first-order valence-corrected chi connectivity index (χ1v) is 8.60. The lowest BCUT2D eigenvalue weighted by Crippen LogP contribution is -2.40. The van der Waals surface area contributed by atoms with Crippen LogP contribution in [0.25, 0.3) is 0 Å². The van der Waals surface area contributed by atoms with Crippen LogP contribution in [0.15, 0.2) is 12.7 Å². The number of aliphatic carboxylic acids is 1. The summed E-state index contributed by atoms with van der Waals surface area (Å²) in [7, 11) is -3.33. The lowest BCUT2D eigenvalue weighted by molar-refractivity contribution is -0.137. The quantitative estimate of drug-likeness (QED) is 0.769. The predicted octanol–water partition coefficient (Wildman–Crippen LogP) is 0.185. The highest BCUT2D eigenvalue weighted by Crippen LogP contribution is 2.21. The minimum absolute atomic E-state index is 0.0879. The average Bonchev–Trinajstić information content (AvgIpc) is 2.91. The summed E-state index contributed by atoms with van der Waals surface area (Å²) in [6.45, 7) is 1.81. The number of carboxylic acids is 1. The van der Waals surface area contributed by atoms with Gasteiger partial charge in [-0.2, -0.15) is 0 Å². The second-order valence-corrected chi connectivity index (χ2v) is 7.40. The summed E-state index contributed by atoms with van der Waals surface area (Å²) < 4.78 is 27.6. The number of aromatic nitrogens is 3. The van der Waals surface area contributed by atoms with Crippen molar-refractivity contribution in [3.05, 3.63) is 12.7 Å². The molecule has 1 aliphatic heterocycles. The number of sulfonamides is 1. The number of rotatable bonds is 7. The molecule has 21 heavy (non-hydrogen) atoms. The zero-order chi connectivity index (χ0) is 15.3. The predicted molar refractivity (Wildman–Crippen MR) is 75.0 cm³/mol. The molecule has 0 radical (unpaired) electrons. The molecule has 8 nitrogen and oxygen atoms in total. The van der Waals surface area contributed by atoms with Gasteiger partial charge in [0, 0.05) is 26.1 Å². The Labute approximate surface area is 123 Å². The lowest BCUT2D eigenvalue weighted by Gasteiger charge is -2.31. The van der Waals surface area contributed by atoms with Crippen molar-refractivity contribution in [1.29, 1.82) is 0 Å². The molecule has 1 aromatic heterocycles. The number of carboxylic acid groups (broad SMARTS) is 1. The SMILES string of the molecule is O=C(O)CCCS(=O)(=O)N1CCC(Cn2cnnc2)CC1. The molecule has 0 amide bonds. The van der Waals surface area contributed by atoms with Gasteiger partial charge in [-0.25, -0.2) is 12.7 Å². The van der Waals surface area contributed by atoms with E-state index in [4.69, 9.17) is 5.11 Å². The van der Waals surface area contributed by atoms with E-state index in [1.54, 1.807) is 12.7 Å². The Morgan fingerprint density at radius 3 is 2.43 bits per heavy atom. The number of piperidine rings is 1. The summed E-state index contributed by atoms with van der Waals surface area (Å²) >= 11 is 0. The zero-order valence-corrected chi connectivity index (χ0v) is 12.6. The third kappa shape index (κ3) is 4.78. The standard InChI is InChI=1S/C12H20N4O4S/c17-12(18)2-1-7-21(19,20)16-5-3-11(4-6-16)8-15-9-13-14-10-15/h9-11H,1-8H2,(H,17,18). The molecule has 1 N–H and O–H groups in total. The fraction of sp³-hybridized carbons (Fsp3) is 0.750. The van der Waals surface area contributed by atoms with Crippen LogP contribution < -0.4 is 0 Å². The molecule has 9 heteroatoms. The second-order valence-electron chi connectivity index (χ2n) is 5.31. The third-order valence-electron chi connectivity index (χ3n) is 3.70.